The van der Waals surface area contributed by atoms with E-state index in [1.165, 1.54) is 0 Å². The average Bonchev–Trinajstić information content (AvgIpc) is 2.57. The zero-order chi connectivity index (χ0) is 17.1. The minimum absolute atomic E-state index is 0.298. The number of carbonyl (C=O) groups excluding carboxylic acids is 1. The van der Waals surface area contributed by atoms with E-state index in [-0.39, 0.29) is 5.97 Å². The maximum absolute atomic E-state index is 12.4. The average molecular weight is 321 g/mol. The summed E-state index contributed by atoms with van der Waals surface area (Å²) >= 11 is 0. The van der Waals surface area contributed by atoms with Crippen LogP contribution in [0.5, 0.6) is 5.75 Å². The summed E-state index contributed by atoms with van der Waals surface area (Å²) in [6.45, 7) is 11.4. The first-order valence-corrected chi connectivity index (χ1v) is 8.86. The number of hydrogen-bond donors (Lipinski definition) is 0. The molecule has 0 N–H and O–H groups in total. The van der Waals surface area contributed by atoms with Crippen molar-refractivity contribution in [1.29, 1.82) is 0 Å². The highest BCUT2D eigenvalue weighted by atomic mass is 16.5. The van der Waals surface area contributed by atoms with Crippen molar-refractivity contribution >= 4 is 11.7 Å². The summed E-state index contributed by atoms with van der Waals surface area (Å²) in [5.41, 5.74) is 1.59. The lowest BCUT2D eigenvalue weighted by Gasteiger charge is -2.25. The van der Waals surface area contributed by atoms with Gasteiger partial charge >= 0.3 is 5.97 Å². The molecule has 0 aliphatic carbocycles. The summed E-state index contributed by atoms with van der Waals surface area (Å²) in [6.07, 6.45) is 3.87. The minimum Gasteiger partial charge on any atom is -0.493 e. The summed E-state index contributed by atoms with van der Waals surface area (Å²) in [4.78, 5) is 14.7. The second-order valence-corrected chi connectivity index (χ2v) is 5.65. The van der Waals surface area contributed by atoms with Crippen LogP contribution in [-0.4, -0.2) is 32.3 Å². The molecular formula is C19H31NO3. The molecule has 0 fully saturated rings. The molecule has 4 heteroatoms. The molecule has 0 amide bonds. The standard InChI is InChI=1S/C19H31NO3/c1-5-11-20(12-6-2)16-9-10-18(22-13-7-3)17(15-16)19(21)23-14-8-4/h9-10,15H,5-8,11-14H2,1-4H3. The molecule has 0 atom stereocenters. The molecule has 0 saturated heterocycles. The van der Waals surface area contributed by atoms with Crippen molar-refractivity contribution in [3.8, 4) is 5.75 Å². The monoisotopic (exact) mass is 321 g/mol. The van der Waals surface area contributed by atoms with Crippen LogP contribution < -0.4 is 9.64 Å². The fourth-order valence-corrected chi connectivity index (χ4v) is 2.39. The van der Waals surface area contributed by atoms with Gasteiger partial charge in [-0.15, -0.1) is 0 Å². The van der Waals surface area contributed by atoms with Gasteiger partial charge < -0.3 is 14.4 Å². The van der Waals surface area contributed by atoms with Crippen LogP contribution in [0.2, 0.25) is 0 Å². The zero-order valence-corrected chi connectivity index (χ0v) is 15.1. The van der Waals surface area contributed by atoms with Crippen LogP contribution in [0.3, 0.4) is 0 Å². The van der Waals surface area contributed by atoms with E-state index >= 15 is 0 Å². The number of rotatable bonds is 11. The SMILES string of the molecule is CCCOC(=O)c1cc(N(CCC)CCC)ccc1OCCC. The lowest BCUT2D eigenvalue weighted by molar-refractivity contribution is 0.0500. The maximum Gasteiger partial charge on any atom is 0.341 e. The quantitative estimate of drug-likeness (QED) is 0.555. The molecule has 0 saturated carbocycles. The van der Waals surface area contributed by atoms with Gasteiger partial charge in [-0.25, -0.2) is 4.79 Å². The van der Waals surface area contributed by atoms with Crippen LogP contribution >= 0.6 is 0 Å². The van der Waals surface area contributed by atoms with Gasteiger partial charge in [0.05, 0.1) is 13.2 Å². The number of esters is 1. The Morgan fingerprint density at radius 2 is 1.61 bits per heavy atom. The van der Waals surface area contributed by atoms with Crippen LogP contribution in [0.25, 0.3) is 0 Å². The third kappa shape index (κ3) is 6.12. The van der Waals surface area contributed by atoms with E-state index in [2.05, 4.69) is 18.7 Å². The Kier molecular flexibility index (Phi) is 9.18. The summed E-state index contributed by atoms with van der Waals surface area (Å²) in [5, 5.41) is 0. The predicted molar refractivity (Wildman–Crippen MR) is 95.6 cm³/mol. The second-order valence-electron chi connectivity index (χ2n) is 5.65. The molecule has 0 aliphatic heterocycles. The second kappa shape index (κ2) is 10.9. The number of nitrogens with zero attached hydrogens (tertiary/aromatic N) is 1. The zero-order valence-electron chi connectivity index (χ0n) is 15.1. The van der Waals surface area contributed by atoms with Gasteiger partial charge in [-0.05, 0) is 43.9 Å². The molecular weight excluding hydrogens is 290 g/mol. The summed E-state index contributed by atoms with van der Waals surface area (Å²) < 4.78 is 11.0. The van der Waals surface area contributed by atoms with Crippen LogP contribution in [0.4, 0.5) is 5.69 Å². The Morgan fingerprint density at radius 1 is 0.957 bits per heavy atom. The highest BCUT2D eigenvalue weighted by molar-refractivity contribution is 5.93. The van der Waals surface area contributed by atoms with E-state index < -0.39 is 0 Å². The van der Waals surface area contributed by atoms with Gasteiger partial charge in [0, 0.05) is 18.8 Å². The fraction of sp³-hybridized carbons (Fsp3) is 0.632. The van der Waals surface area contributed by atoms with Crippen molar-refractivity contribution < 1.29 is 14.3 Å². The molecule has 1 aromatic rings. The third-order valence-electron chi connectivity index (χ3n) is 3.43. The van der Waals surface area contributed by atoms with Gasteiger partial charge in [-0.1, -0.05) is 27.7 Å². The number of ether oxygens (including phenoxy) is 2. The lowest BCUT2D eigenvalue weighted by Crippen LogP contribution is -2.25. The first-order chi connectivity index (χ1) is 11.2. The minimum atomic E-state index is -0.298. The van der Waals surface area contributed by atoms with Crippen molar-refractivity contribution in [3.05, 3.63) is 23.8 Å². The first kappa shape index (κ1) is 19.3. The van der Waals surface area contributed by atoms with Gasteiger partial charge in [0.2, 0.25) is 0 Å². The molecule has 0 unspecified atom stereocenters. The summed E-state index contributed by atoms with van der Waals surface area (Å²) in [5.74, 6) is 0.317. The molecule has 1 aromatic carbocycles. The molecule has 0 bridgehead atoms. The van der Waals surface area contributed by atoms with Gasteiger partial charge in [-0.2, -0.15) is 0 Å². The first-order valence-electron chi connectivity index (χ1n) is 8.86. The van der Waals surface area contributed by atoms with E-state index in [9.17, 15) is 4.79 Å². The number of carbonyl (C=O) groups is 1. The Balaban J connectivity index is 3.07. The smallest absolute Gasteiger partial charge is 0.341 e. The Hall–Kier alpha value is -1.71. The number of benzene rings is 1. The van der Waals surface area contributed by atoms with Crippen LogP contribution in [0, 0.1) is 0 Å². The van der Waals surface area contributed by atoms with Crippen molar-refractivity contribution in [1.82, 2.24) is 0 Å². The summed E-state index contributed by atoms with van der Waals surface area (Å²) in [6, 6.07) is 5.84. The van der Waals surface area contributed by atoms with E-state index in [0.717, 1.165) is 44.5 Å². The van der Waals surface area contributed by atoms with E-state index in [4.69, 9.17) is 9.47 Å². The van der Waals surface area contributed by atoms with Gasteiger partial charge in [0.25, 0.3) is 0 Å². The van der Waals surface area contributed by atoms with Crippen molar-refractivity contribution in [2.75, 3.05) is 31.2 Å². The predicted octanol–water partition coefficient (Wildman–Crippen LogP) is 4.67. The fourth-order valence-electron chi connectivity index (χ4n) is 2.39. The van der Waals surface area contributed by atoms with Crippen molar-refractivity contribution in [3.63, 3.8) is 0 Å². The Morgan fingerprint density at radius 3 is 2.17 bits per heavy atom. The molecule has 1 rings (SSSR count). The van der Waals surface area contributed by atoms with Crippen LogP contribution in [0.1, 0.15) is 63.7 Å². The Bertz CT molecular complexity index is 468. The molecule has 0 aliphatic rings. The number of hydrogen-bond acceptors (Lipinski definition) is 4. The van der Waals surface area contributed by atoms with E-state index in [1.54, 1.807) is 0 Å². The molecule has 23 heavy (non-hydrogen) atoms. The highest BCUT2D eigenvalue weighted by Crippen LogP contribution is 2.27. The van der Waals surface area contributed by atoms with Crippen molar-refractivity contribution in [2.45, 2.75) is 53.4 Å². The lowest BCUT2D eigenvalue weighted by atomic mass is 10.1. The molecule has 0 spiro atoms. The third-order valence-corrected chi connectivity index (χ3v) is 3.43. The van der Waals surface area contributed by atoms with Gasteiger partial charge in [0.15, 0.2) is 0 Å². The largest absolute Gasteiger partial charge is 0.493 e. The van der Waals surface area contributed by atoms with Gasteiger partial charge in [-0.3, -0.25) is 0 Å². The molecule has 130 valence electrons. The topological polar surface area (TPSA) is 38.8 Å². The van der Waals surface area contributed by atoms with E-state index in [0.29, 0.717) is 24.5 Å². The highest BCUT2D eigenvalue weighted by Gasteiger charge is 2.17. The van der Waals surface area contributed by atoms with E-state index in [1.807, 2.05) is 32.0 Å². The molecule has 0 heterocycles. The molecule has 4 nitrogen and oxygen atoms in total. The number of anilines is 1. The van der Waals surface area contributed by atoms with Crippen LogP contribution in [0.15, 0.2) is 18.2 Å². The van der Waals surface area contributed by atoms with Crippen LogP contribution in [-0.2, 0) is 4.74 Å². The summed E-state index contributed by atoms with van der Waals surface area (Å²) in [7, 11) is 0. The normalized spacial score (nSPS) is 10.4. The maximum atomic E-state index is 12.4. The van der Waals surface area contributed by atoms with Gasteiger partial charge in [0.1, 0.15) is 11.3 Å². The Labute approximate surface area is 140 Å². The van der Waals surface area contributed by atoms with Crippen molar-refractivity contribution in [2.24, 2.45) is 0 Å². The molecule has 0 aromatic heterocycles. The molecule has 0 radical (unpaired) electrons.